The van der Waals surface area contributed by atoms with Gasteiger partial charge in [-0.2, -0.15) is 5.06 Å². The van der Waals surface area contributed by atoms with Gasteiger partial charge in [-0.05, 0) is 12.1 Å². The van der Waals surface area contributed by atoms with Crippen molar-refractivity contribution in [3.63, 3.8) is 0 Å². The lowest BCUT2D eigenvalue weighted by Crippen LogP contribution is -2.12. The zero-order chi connectivity index (χ0) is 9.26. The number of nitrogens with zero attached hydrogens (tertiary/aromatic N) is 3. The third kappa shape index (κ3) is 1.54. The molecule has 4 heteroatoms. The Hall–Kier alpha value is -1.39. The summed E-state index contributed by atoms with van der Waals surface area (Å²) in [5.41, 5.74) is 1.87. The lowest BCUT2D eigenvalue weighted by Gasteiger charge is -2.06. The molecule has 2 aromatic heterocycles. The Morgan fingerprint density at radius 1 is 1.54 bits per heavy atom. The number of rotatable bonds is 2. The molecule has 0 aliphatic carbocycles. The molecule has 0 saturated heterocycles. The highest BCUT2D eigenvalue weighted by Gasteiger charge is 2.02. The summed E-state index contributed by atoms with van der Waals surface area (Å²) in [5.74, 6) is 0. The molecule has 0 aliphatic rings. The monoisotopic (exact) mass is 177 g/mol. The van der Waals surface area contributed by atoms with Crippen LogP contribution in [0.1, 0.15) is 5.69 Å². The topological polar surface area (TPSA) is 40.8 Å². The first-order valence-corrected chi connectivity index (χ1v) is 4.08. The van der Waals surface area contributed by atoms with Crippen molar-refractivity contribution in [2.45, 2.75) is 6.54 Å². The molecule has 0 radical (unpaired) electrons. The van der Waals surface area contributed by atoms with E-state index in [0.29, 0.717) is 6.54 Å². The van der Waals surface area contributed by atoms with Crippen LogP contribution in [0.3, 0.4) is 0 Å². The second kappa shape index (κ2) is 3.16. The number of hydrogen-bond acceptors (Lipinski definition) is 3. The van der Waals surface area contributed by atoms with Gasteiger partial charge < -0.3 is 9.61 Å². The van der Waals surface area contributed by atoms with E-state index in [4.69, 9.17) is 5.21 Å². The Morgan fingerprint density at radius 3 is 3.15 bits per heavy atom. The molecule has 2 heterocycles. The van der Waals surface area contributed by atoms with E-state index in [1.807, 2.05) is 28.8 Å². The van der Waals surface area contributed by atoms with Crippen molar-refractivity contribution in [3.8, 4) is 0 Å². The Labute approximate surface area is 76.0 Å². The standard InChI is InChI=1S/C9H11N3O/c1-11(13)7-8-6-10-9-4-2-3-5-12(8)9/h2-6,13H,7H2,1H3. The summed E-state index contributed by atoms with van der Waals surface area (Å²) >= 11 is 0. The summed E-state index contributed by atoms with van der Waals surface area (Å²) in [6.07, 6.45) is 3.70. The van der Waals surface area contributed by atoms with Gasteiger partial charge in [0.15, 0.2) is 0 Å². The van der Waals surface area contributed by atoms with Crippen LogP contribution in [0.25, 0.3) is 5.65 Å². The van der Waals surface area contributed by atoms with E-state index in [1.54, 1.807) is 13.2 Å². The maximum Gasteiger partial charge on any atom is 0.136 e. The van der Waals surface area contributed by atoms with E-state index in [0.717, 1.165) is 16.4 Å². The molecule has 4 nitrogen and oxygen atoms in total. The molecule has 0 bridgehead atoms. The first-order valence-electron chi connectivity index (χ1n) is 4.08. The van der Waals surface area contributed by atoms with Gasteiger partial charge >= 0.3 is 0 Å². The van der Waals surface area contributed by atoms with Crippen LogP contribution in [0, 0.1) is 0 Å². The maximum absolute atomic E-state index is 9.08. The first-order chi connectivity index (χ1) is 6.27. The highest BCUT2D eigenvalue weighted by Crippen LogP contribution is 2.06. The summed E-state index contributed by atoms with van der Waals surface area (Å²) in [7, 11) is 1.61. The number of imidazole rings is 1. The van der Waals surface area contributed by atoms with Gasteiger partial charge in [0.05, 0.1) is 18.4 Å². The SMILES string of the molecule is CN(O)Cc1cnc2ccccn12. The predicted octanol–water partition coefficient (Wildman–Crippen LogP) is 1.16. The van der Waals surface area contributed by atoms with Gasteiger partial charge in [-0.15, -0.1) is 0 Å². The van der Waals surface area contributed by atoms with Gasteiger partial charge in [0.25, 0.3) is 0 Å². The average molecular weight is 177 g/mol. The lowest BCUT2D eigenvalue weighted by molar-refractivity contribution is -0.0742. The largest absolute Gasteiger partial charge is 0.314 e. The van der Waals surface area contributed by atoms with Gasteiger partial charge in [0, 0.05) is 13.2 Å². The summed E-state index contributed by atoms with van der Waals surface area (Å²) in [4.78, 5) is 4.20. The van der Waals surface area contributed by atoms with Crippen molar-refractivity contribution in [1.29, 1.82) is 0 Å². The first kappa shape index (κ1) is 8.22. The fraction of sp³-hybridized carbons (Fsp3) is 0.222. The van der Waals surface area contributed by atoms with Crippen LogP contribution < -0.4 is 0 Å². The normalized spacial score (nSPS) is 11.3. The zero-order valence-electron chi connectivity index (χ0n) is 7.38. The average Bonchev–Trinajstić information content (AvgIpc) is 2.48. The van der Waals surface area contributed by atoms with Crippen LogP contribution >= 0.6 is 0 Å². The summed E-state index contributed by atoms with van der Waals surface area (Å²) < 4.78 is 1.95. The number of pyridine rings is 1. The Balaban J connectivity index is 2.46. The van der Waals surface area contributed by atoms with E-state index in [9.17, 15) is 0 Å². The van der Waals surface area contributed by atoms with Gasteiger partial charge in [-0.3, -0.25) is 0 Å². The molecule has 13 heavy (non-hydrogen) atoms. The number of hydroxylamine groups is 2. The smallest absolute Gasteiger partial charge is 0.136 e. The van der Waals surface area contributed by atoms with Crippen molar-refractivity contribution in [2.75, 3.05) is 7.05 Å². The molecule has 0 aliphatic heterocycles. The third-order valence-electron chi connectivity index (χ3n) is 1.88. The number of aromatic nitrogens is 2. The molecule has 0 spiro atoms. The Morgan fingerprint density at radius 2 is 2.38 bits per heavy atom. The summed E-state index contributed by atoms with van der Waals surface area (Å²) in [5, 5.41) is 10.2. The molecule has 2 aromatic rings. The summed E-state index contributed by atoms with van der Waals surface area (Å²) in [6.45, 7) is 0.477. The Bertz CT molecular complexity index is 408. The summed E-state index contributed by atoms with van der Waals surface area (Å²) in [6, 6.07) is 5.81. The van der Waals surface area contributed by atoms with Crippen molar-refractivity contribution < 1.29 is 5.21 Å². The van der Waals surface area contributed by atoms with Crippen molar-refractivity contribution in [3.05, 3.63) is 36.3 Å². The van der Waals surface area contributed by atoms with Crippen molar-refractivity contribution >= 4 is 5.65 Å². The second-order valence-electron chi connectivity index (χ2n) is 2.99. The molecule has 0 aromatic carbocycles. The van der Waals surface area contributed by atoms with Crippen LogP contribution in [0.2, 0.25) is 0 Å². The number of hydrogen-bond donors (Lipinski definition) is 1. The molecule has 0 saturated carbocycles. The quantitative estimate of drug-likeness (QED) is 0.700. The van der Waals surface area contributed by atoms with E-state index in [-0.39, 0.29) is 0 Å². The molecule has 1 N–H and O–H groups in total. The highest BCUT2D eigenvalue weighted by atomic mass is 16.5. The minimum Gasteiger partial charge on any atom is -0.314 e. The van der Waals surface area contributed by atoms with Crippen molar-refractivity contribution in [1.82, 2.24) is 14.4 Å². The molecule has 0 unspecified atom stereocenters. The Kier molecular flexibility index (Phi) is 2.00. The maximum atomic E-state index is 9.08. The van der Waals surface area contributed by atoms with Gasteiger partial charge in [0.2, 0.25) is 0 Å². The van der Waals surface area contributed by atoms with Crippen molar-refractivity contribution in [2.24, 2.45) is 0 Å². The van der Waals surface area contributed by atoms with Gasteiger partial charge in [-0.1, -0.05) is 6.07 Å². The molecule has 2 rings (SSSR count). The van der Waals surface area contributed by atoms with E-state index in [2.05, 4.69) is 4.98 Å². The minimum absolute atomic E-state index is 0.477. The van der Waals surface area contributed by atoms with Crippen LogP contribution in [-0.2, 0) is 6.54 Å². The molecule has 0 atom stereocenters. The van der Waals surface area contributed by atoms with E-state index < -0.39 is 0 Å². The third-order valence-corrected chi connectivity index (χ3v) is 1.88. The van der Waals surface area contributed by atoms with Crippen LogP contribution in [-0.4, -0.2) is 26.7 Å². The molecular weight excluding hydrogens is 166 g/mol. The fourth-order valence-corrected chi connectivity index (χ4v) is 1.34. The highest BCUT2D eigenvalue weighted by molar-refractivity contribution is 5.39. The molecule has 68 valence electrons. The predicted molar refractivity (Wildman–Crippen MR) is 48.4 cm³/mol. The van der Waals surface area contributed by atoms with Gasteiger partial charge in [0.1, 0.15) is 5.65 Å². The van der Waals surface area contributed by atoms with Crippen LogP contribution in [0.15, 0.2) is 30.6 Å². The molecule has 0 amide bonds. The zero-order valence-corrected chi connectivity index (χ0v) is 7.38. The van der Waals surface area contributed by atoms with Crippen LogP contribution in [0.4, 0.5) is 0 Å². The molecule has 0 fully saturated rings. The second-order valence-corrected chi connectivity index (χ2v) is 2.99. The fourth-order valence-electron chi connectivity index (χ4n) is 1.34. The van der Waals surface area contributed by atoms with E-state index >= 15 is 0 Å². The van der Waals surface area contributed by atoms with Crippen LogP contribution in [0.5, 0.6) is 0 Å². The van der Waals surface area contributed by atoms with E-state index in [1.165, 1.54) is 0 Å². The minimum atomic E-state index is 0.477. The number of fused-ring (bicyclic) bond motifs is 1. The molecular formula is C9H11N3O. The van der Waals surface area contributed by atoms with Gasteiger partial charge in [-0.25, -0.2) is 4.98 Å². The lowest BCUT2D eigenvalue weighted by atomic mass is 10.4.